The Morgan fingerprint density at radius 1 is 1.69 bits per heavy atom. The summed E-state index contributed by atoms with van der Waals surface area (Å²) in [5, 5.41) is 4.45. The van der Waals surface area contributed by atoms with Crippen LogP contribution >= 0.6 is 0 Å². The van der Waals surface area contributed by atoms with E-state index in [0.29, 0.717) is 0 Å². The second-order valence-corrected chi connectivity index (χ2v) is 4.78. The average molecular weight is 223 g/mol. The molecule has 90 valence electrons. The topological polar surface area (TPSA) is 53.1 Å². The van der Waals surface area contributed by atoms with Crippen LogP contribution in [-0.2, 0) is 24.6 Å². The number of aryl methyl sites for hydroxylation is 2. The molecule has 1 fully saturated rings. The van der Waals surface area contributed by atoms with Gasteiger partial charge in [0, 0.05) is 31.3 Å². The Labute approximate surface area is 96.8 Å². The predicted octanol–water partition coefficient (Wildman–Crippen LogP) is 1.03. The molecular formula is C12H21N3O. The Kier molecular flexibility index (Phi) is 3.04. The quantitative estimate of drug-likeness (QED) is 0.832. The zero-order valence-electron chi connectivity index (χ0n) is 10.4. The highest BCUT2D eigenvalue weighted by molar-refractivity contribution is 5.15. The number of rotatable bonds is 3. The first-order valence-corrected chi connectivity index (χ1v) is 5.97. The molecular weight excluding hydrogens is 202 g/mol. The maximum atomic E-state index is 6.39. The molecule has 0 radical (unpaired) electrons. The summed E-state index contributed by atoms with van der Waals surface area (Å²) >= 11 is 0. The molecule has 1 aliphatic rings. The number of ether oxygens (including phenoxy) is 1. The largest absolute Gasteiger partial charge is 0.377 e. The zero-order valence-corrected chi connectivity index (χ0v) is 10.4. The number of hydrogen-bond donors (Lipinski definition) is 1. The van der Waals surface area contributed by atoms with E-state index in [-0.39, 0.29) is 11.6 Å². The van der Waals surface area contributed by atoms with E-state index in [2.05, 4.69) is 25.0 Å². The summed E-state index contributed by atoms with van der Waals surface area (Å²) in [6.45, 7) is 4.95. The van der Waals surface area contributed by atoms with Crippen LogP contribution in [0.2, 0.25) is 0 Å². The van der Waals surface area contributed by atoms with E-state index in [1.807, 2.05) is 11.7 Å². The SMILES string of the molecule is CCc1cc(CC2(N)CCOC2C)n(C)n1. The summed E-state index contributed by atoms with van der Waals surface area (Å²) in [5.41, 5.74) is 8.50. The maximum absolute atomic E-state index is 6.39. The van der Waals surface area contributed by atoms with Crippen LogP contribution < -0.4 is 5.73 Å². The highest BCUT2D eigenvalue weighted by Crippen LogP contribution is 2.27. The molecule has 2 heterocycles. The summed E-state index contributed by atoms with van der Waals surface area (Å²) in [4.78, 5) is 0. The lowest BCUT2D eigenvalue weighted by atomic mass is 9.88. The average Bonchev–Trinajstić information content (AvgIpc) is 2.74. The molecule has 1 aliphatic heterocycles. The fourth-order valence-electron chi connectivity index (χ4n) is 2.27. The first-order valence-electron chi connectivity index (χ1n) is 5.97. The van der Waals surface area contributed by atoms with Crippen LogP contribution in [0.1, 0.15) is 31.7 Å². The minimum absolute atomic E-state index is 0.132. The van der Waals surface area contributed by atoms with Crippen molar-refractivity contribution in [3.8, 4) is 0 Å². The number of nitrogens with zero attached hydrogens (tertiary/aromatic N) is 2. The molecule has 16 heavy (non-hydrogen) atoms. The summed E-state index contributed by atoms with van der Waals surface area (Å²) in [6.07, 6.45) is 2.88. The van der Waals surface area contributed by atoms with Crippen molar-refractivity contribution in [2.75, 3.05) is 6.61 Å². The minimum Gasteiger partial charge on any atom is -0.377 e. The van der Waals surface area contributed by atoms with Gasteiger partial charge in [0.25, 0.3) is 0 Å². The lowest BCUT2D eigenvalue weighted by Gasteiger charge is -2.27. The van der Waals surface area contributed by atoms with Crippen molar-refractivity contribution < 1.29 is 4.74 Å². The van der Waals surface area contributed by atoms with Crippen molar-refractivity contribution >= 4 is 0 Å². The highest BCUT2D eigenvalue weighted by Gasteiger charge is 2.38. The van der Waals surface area contributed by atoms with Gasteiger partial charge in [-0.2, -0.15) is 5.10 Å². The van der Waals surface area contributed by atoms with Crippen molar-refractivity contribution in [2.24, 2.45) is 12.8 Å². The second-order valence-electron chi connectivity index (χ2n) is 4.78. The molecule has 0 saturated carbocycles. The Hall–Kier alpha value is -0.870. The summed E-state index contributed by atoms with van der Waals surface area (Å²) in [5.74, 6) is 0. The van der Waals surface area contributed by atoms with Gasteiger partial charge in [-0.3, -0.25) is 4.68 Å². The van der Waals surface area contributed by atoms with Gasteiger partial charge in [-0.1, -0.05) is 6.92 Å². The Morgan fingerprint density at radius 2 is 2.44 bits per heavy atom. The third kappa shape index (κ3) is 1.99. The van der Waals surface area contributed by atoms with E-state index < -0.39 is 0 Å². The predicted molar refractivity (Wildman–Crippen MR) is 63.2 cm³/mol. The first-order chi connectivity index (χ1) is 7.55. The summed E-state index contributed by atoms with van der Waals surface area (Å²) in [7, 11) is 1.98. The lowest BCUT2D eigenvalue weighted by molar-refractivity contribution is 0.0950. The smallest absolute Gasteiger partial charge is 0.0731 e. The van der Waals surface area contributed by atoms with E-state index >= 15 is 0 Å². The third-order valence-corrected chi connectivity index (χ3v) is 3.64. The third-order valence-electron chi connectivity index (χ3n) is 3.64. The Balaban J connectivity index is 2.16. The van der Waals surface area contributed by atoms with Crippen molar-refractivity contribution in [1.82, 2.24) is 9.78 Å². The summed E-state index contributed by atoms with van der Waals surface area (Å²) < 4.78 is 7.50. The number of aromatic nitrogens is 2. The van der Waals surface area contributed by atoms with E-state index in [1.165, 1.54) is 5.69 Å². The van der Waals surface area contributed by atoms with Crippen LogP contribution in [0.25, 0.3) is 0 Å². The first kappa shape index (κ1) is 11.6. The van der Waals surface area contributed by atoms with Crippen molar-refractivity contribution in [3.63, 3.8) is 0 Å². The maximum Gasteiger partial charge on any atom is 0.0731 e. The highest BCUT2D eigenvalue weighted by atomic mass is 16.5. The van der Waals surface area contributed by atoms with E-state index in [4.69, 9.17) is 10.5 Å². The minimum atomic E-state index is -0.223. The van der Waals surface area contributed by atoms with Gasteiger partial charge >= 0.3 is 0 Å². The molecule has 0 bridgehead atoms. The van der Waals surface area contributed by atoms with Crippen LogP contribution in [0.3, 0.4) is 0 Å². The molecule has 0 amide bonds. The standard InChI is InChI=1S/C12H21N3O/c1-4-10-7-11(15(3)14-10)8-12(13)5-6-16-9(12)2/h7,9H,4-6,8,13H2,1-3H3. The Morgan fingerprint density at radius 3 is 2.94 bits per heavy atom. The van der Waals surface area contributed by atoms with Gasteiger partial charge < -0.3 is 10.5 Å². The van der Waals surface area contributed by atoms with Gasteiger partial charge in [0.1, 0.15) is 0 Å². The van der Waals surface area contributed by atoms with Gasteiger partial charge in [-0.25, -0.2) is 0 Å². The van der Waals surface area contributed by atoms with Gasteiger partial charge in [0.2, 0.25) is 0 Å². The van der Waals surface area contributed by atoms with Crippen LogP contribution in [0.15, 0.2) is 6.07 Å². The van der Waals surface area contributed by atoms with Gasteiger partial charge in [-0.05, 0) is 25.8 Å². The van der Waals surface area contributed by atoms with Crippen LogP contribution in [0.5, 0.6) is 0 Å². The van der Waals surface area contributed by atoms with E-state index in [0.717, 1.165) is 31.6 Å². The molecule has 1 saturated heterocycles. The summed E-state index contributed by atoms with van der Waals surface area (Å²) in [6, 6.07) is 2.15. The van der Waals surface area contributed by atoms with Crippen LogP contribution in [0, 0.1) is 0 Å². The monoisotopic (exact) mass is 223 g/mol. The fourth-order valence-corrected chi connectivity index (χ4v) is 2.27. The van der Waals surface area contributed by atoms with E-state index in [9.17, 15) is 0 Å². The number of nitrogens with two attached hydrogens (primary N) is 1. The molecule has 0 aliphatic carbocycles. The molecule has 2 atom stereocenters. The lowest BCUT2D eigenvalue weighted by Crippen LogP contribution is -2.48. The molecule has 2 unspecified atom stereocenters. The molecule has 4 heteroatoms. The van der Waals surface area contributed by atoms with Gasteiger partial charge in [-0.15, -0.1) is 0 Å². The normalized spacial score (nSPS) is 29.9. The van der Waals surface area contributed by atoms with E-state index in [1.54, 1.807) is 0 Å². The van der Waals surface area contributed by atoms with Crippen molar-refractivity contribution in [1.29, 1.82) is 0 Å². The van der Waals surface area contributed by atoms with Gasteiger partial charge in [0.15, 0.2) is 0 Å². The van der Waals surface area contributed by atoms with Crippen LogP contribution in [-0.4, -0.2) is 28.0 Å². The Bertz CT molecular complexity index is 374. The van der Waals surface area contributed by atoms with Crippen LogP contribution in [0.4, 0.5) is 0 Å². The van der Waals surface area contributed by atoms with Gasteiger partial charge in [0.05, 0.1) is 11.8 Å². The molecule has 2 N–H and O–H groups in total. The molecule has 0 aromatic carbocycles. The molecule has 1 aromatic heterocycles. The van der Waals surface area contributed by atoms with Crippen molar-refractivity contribution in [3.05, 3.63) is 17.5 Å². The molecule has 0 spiro atoms. The zero-order chi connectivity index (χ0) is 11.8. The fraction of sp³-hybridized carbons (Fsp3) is 0.750. The molecule has 1 aromatic rings. The van der Waals surface area contributed by atoms with Crippen molar-refractivity contribution in [2.45, 2.75) is 44.8 Å². The second kappa shape index (κ2) is 4.18. The molecule has 2 rings (SSSR count). The molecule has 4 nitrogen and oxygen atoms in total. The number of hydrogen-bond acceptors (Lipinski definition) is 3.